The van der Waals surface area contributed by atoms with Gasteiger partial charge in [-0.2, -0.15) is 0 Å². The molecule has 3 rings (SSSR count). The van der Waals surface area contributed by atoms with Crippen molar-refractivity contribution in [3.05, 3.63) is 77.5 Å². The van der Waals surface area contributed by atoms with Crippen LogP contribution in [-0.2, 0) is 11.2 Å². The first-order valence-corrected chi connectivity index (χ1v) is 8.03. The van der Waals surface area contributed by atoms with Gasteiger partial charge in [-0.25, -0.2) is 0 Å². The van der Waals surface area contributed by atoms with Crippen LogP contribution in [0.1, 0.15) is 21.5 Å². The average molecular weight is 333 g/mol. The molecule has 0 radical (unpaired) electrons. The highest BCUT2D eigenvalue weighted by Crippen LogP contribution is 2.13. The predicted molar refractivity (Wildman–Crippen MR) is 97.1 cm³/mol. The number of hydrogen-bond donors (Lipinski definition) is 2. The number of pyridine rings is 1. The Morgan fingerprint density at radius 1 is 1.12 bits per heavy atom. The van der Waals surface area contributed by atoms with Crippen LogP contribution in [0, 0.1) is 6.92 Å². The molecular weight excluding hydrogens is 314 g/mol. The van der Waals surface area contributed by atoms with Gasteiger partial charge in [0, 0.05) is 18.0 Å². The van der Waals surface area contributed by atoms with Crippen LogP contribution in [0.25, 0.3) is 10.9 Å². The Labute approximate surface area is 145 Å². The van der Waals surface area contributed by atoms with Crippen LogP contribution in [0.2, 0.25) is 0 Å². The van der Waals surface area contributed by atoms with Crippen LogP contribution < -0.4 is 11.1 Å². The summed E-state index contributed by atoms with van der Waals surface area (Å²) in [7, 11) is 0. The van der Waals surface area contributed by atoms with Crippen molar-refractivity contribution >= 4 is 22.7 Å². The lowest BCUT2D eigenvalue weighted by Gasteiger charge is -2.16. The molecule has 2 amide bonds. The Balaban J connectivity index is 1.77. The Hall–Kier alpha value is -3.21. The summed E-state index contributed by atoms with van der Waals surface area (Å²) in [5, 5.41) is 3.57. The number of benzene rings is 2. The fourth-order valence-electron chi connectivity index (χ4n) is 2.62. The molecule has 0 spiro atoms. The first kappa shape index (κ1) is 16.6. The van der Waals surface area contributed by atoms with Gasteiger partial charge in [0.15, 0.2) is 0 Å². The van der Waals surface area contributed by atoms with Crippen molar-refractivity contribution in [3.63, 3.8) is 0 Å². The smallest absolute Gasteiger partial charge is 0.253 e. The molecule has 0 bridgehead atoms. The van der Waals surface area contributed by atoms with Crippen molar-refractivity contribution < 1.29 is 9.59 Å². The van der Waals surface area contributed by atoms with Crippen molar-refractivity contribution in [1.29, 1.82) is 0 Å². The molecule has 0 saturated carbocycles. The standard InChI is InChI=1S/C20H19N3O2/c1-13-6-8-14(9-7-13)10-18(19(21)24)23-20(25)16-11-15-4-2-3-5-17(15)22-12-16/h2-9,11-12,18H,10H2,1H3,(H2,21,24)(H,23,25)/t18-/m1/s1. The van der Waals surface area contributed by atoms with E-state index in [4.69, 9.17) is 5.73 Å². The van der Waals surface area contributed by atoms with Gasteiger partial charge in [0.25, 0.3) is 5.91 Å². The molecule has 3 aromatic rings. The largest absolute Gasteiger partial charge is 0.368 e. The van der Waals surface area contributed by atoms with E-state index >= 15 is 0 Å². The van der Waals surface area contributed by atoms with Gasteiger partial charge in [-0.3, -0.25) is 14.6 Å². The quantitative estimate of drug-likeness (QED) is 0.752. The molecule has 1 heterocycles. The molecule has 0 saturated heterocycles. The highest BCUT2D eigenvalue weighted by Gasteiger charge is 2.19. The molecule has 0 aliphatic rings. The van der Waals surface area contributed by atoms with E-state index < -0.39 is 11.9 Å². The number of carbonyl (C=O) groups is 2. The lowest BCUT2D eigenvalue weighted by Crippen LogP contribution is -2.45. The summed E-state index contributed by atoms with van der Waals surface area (Å²) in [6.45, 7) is 1.99. The molecule has 0 fully saturated rings. The van der Waals surface area contributed by atoms with Crippen LogP contribution in [0.15, 0.2) is 60.8 Å². The minimum absolute atomic E-state index is 0.350. The number of amides is 2. The first-order chi connectivity index (χ1) is 12.0. The maximum Gasteiger partial charge on any atom is 0.253 e. The molecule has 25 heavy (non-hydrogen) atoms. The van der Waals surface area contributed by atoms with E-state index in [1.807, 2.05) is 55.5 Å². The number of nitrogens with two attached hydrogens (primary N) is 1. The Morgan fingerprint density at radius 3 is 2.56 bits per heavy atom. The zero-order chi connectivity index (χ0) is 17.8. The molecule has 126 valence electrons. The third-order valence-electron chi connectivity index (χ3n) is 4.06. The highest BCUT2D eigenvalue weighted by molar-refractivity contribution is 5.99. The number of hydrogen-bond acceptors (Lipinski definition) is 3. The molecule has 0 aliphatic heterocycles. The van der Waals surface area contributed by atoms with E-state index in [1.54, 1.807) is 6.07 Å². The number of fused-ring (bicyclic) bond motifs is 1. The second-order valence-electron chi connectivity index (χ2n) is 6.03. The third-order valence-corrected chi connectivity index (χ3v) is 4.06. The minimum Gasteiger partial charge on any atom is -0.368 e. The first-order valence-electron chi connectivity index (χ1n) is 8.03. The van der Waals surface area contributed by atoms with Gasteiger partial charge in [0.05, 0.1) is 11.1 Å². The van der Waals surface area contributed by atoms with Crippen LogP contribution >= 0.6 is 0 Å². The van der Waals surface area contributed by atoms with Crippen molar-refractivity contribution in [3.8, 4) is 0 Å². The molecule has 3 N–H and O–H groups in total. The summed E-state index contributed by atoms with van der Waals surface area (Å²) in [6.07, 6.45) is 1.85. The molecule has 1 aromatic heterocycles. The number of nitrogens with zero attached hydrogens (tertiary/aromatic N) is 1. The molecule has 5 heteroatoms. The summed E-state index contributed by atoms with van der Waals surface area (Å²) >= 11 is 0. The van der Waals surface area contributed by atoms with Gasteiger partial charge >= 0.3 is 0 Å². The summed E-state index contributed by atoms with van der Waals surface area (Å²) < 4.78 is 0. The fourth-order valence-corrected chi connectivity index (χ4v) is 2.62. The molecule has 2 aromatic carbocycles. The van der Waals surface area contributed by atoms with Crippen molar-refractivity contribution in [1.82, 2.24) is 10.3 Å². The summed E-state index contributed by atoms with van der Waals surface area (Å²) in [4.78, 5) is 28.5. The minimum atomic E-state index is -0.776. The number of para-hydroxylation sites is 1. The van der Waals surface area contributed by atoms with Crippen LogP contribution in [0.5, 0.6) is 0 Å². The lowest BCUT2D eigenvalue weighted by atomic mass is 10.0. The molecule has 0 unspecified atom stereocenters. The van der Waals surface area contributed by atoms with E-state index in [0.717, 1.165) is 22.0 Å². The number of aromatic nitrogens is 1. The van der Waals surface area contributed by atoms with E-state index in [2.05, 4.69) is 10.3 Å². The maximum absolute atomic E-state index is 12.5. The number of nitrogens with one attached hydrogen (secondary N) is 1. The maximum atomic E-state index is 12.5. The lowest BCUT2D eigenvalue weighted by molar-refractivity contribution is -0.119. The fraction of sp³-hybridized carbons (Fsp3) is 0.150. The van der Waals surface area contributed by atoms with Crippen molar-refractivity contribution in [2.24, 2.45) is 5.73 Å². The van der Waals surface area contributed by atoms with Crippen LogP contribution in [-0.4, -0.2) is 22.8 Å². The number of carbonyl (C=O) groups excluding carboxylic acids is 2. The average Bonchev–Trinajstić information content (AvgIpc) is 2.62. The summed E-state index contributed by atoms with van der Waals surface area (Å²) in [6, 6.07) is 16.3. The normalized spacial score (nSPS) is 11.9. The van der Waals surface area contributed by atoms with Crippen molar-refractivity contribution in [2.45, 2.75) is 19.4 Å². The Kier molecular flexibility index (Phi) is 4.75. The van der Waals surface area contributed by atoms with Gasteiger partial charge in [-0.15, -0.1) is 0 Å². The second kappa shape index (κ2) is 7.13. The zero-order valence-electron chi connectivity index (χ0n) is 13.9. The van der Waals surface area contributed by atoms with Gasteiger partial charge in [0.2, 0.25) is 5.91 Å². The molecular formula is C20H19N3O2. The molecule has 0 aliphatic carbocycles. The second-order valence-corrected chi connectivity index (χ2v) is 6.03. The highest BCUT2D eigenvalue weighted by atomic mass is 16.2. The third kappa shape index (κ3) is 4.01. The number of rotatable bonds is 5. The predicted octanol–water partition coefficient (Wildman–Crippen LogP) is 2.37. The van der Waals surface area contributed by atoms with E-state index in [-0.39, 0.29) is 5.91 Å². The van der Waals surface area contributed by atoms with Crippen LogP contribution in [0.3, 0.4) is 0 Å². The topological polar surface area (TPSA) is 85.1 Å². The van der Waals surface area contributed by atoms with Gasteiger partial charge in [-0.05, 0) is 24.6 Å². The monoisotopic (exact) mass is 333 g/mol. The molecule has 5 nitrogen and oxygen atoms in total. The summed E-state index contributed by atoms with van der Waals surface area (Å²) in [5.74, 6) is -0.933. The van der Waals surface area contributed by atoms with E-state index in [0.29, 0.717) is 12.0 Å². The molecule has 1 atom stereocenters. The van der Waals surface area contributed by atoms with Gasteiger partial charge < -0.3 is 11.1 Å². The van der Waals surface area contributed by atoms with Crippen LogP contribution in [0.4, 0.5) is 0 Å². The summed E-state index contributed by atoms with van der Waals surface area (Å²) in [5.41, 5.74) is 8.74. The van der Waals surface area contributed by atoms with E-state index in [1.165, 1.54) is 6.20 Å². The van der Waals surface area contributed by atoms with Crippen molar-refractivity contribution in [2.75, 3.05) is 0 Å². The Morgan fingerprint density at radius 2 is 1.84 bits per heavy atom. The number of primary amides is 1. The van der Waals surface area contributed by atoms with E-state index in [9.17, 15) is 9.59 Å². The van der Waals surface area contributed by atoms with Gasteiger partial charge in [-0.1, -0.05) is 48.0 Å². The zero-order valence-corrected chi connectivity index (χ0v) is 13.9. The number of aryl methyl sites for hydroxylation is 1. The SMILES string of the molecule is Cc1ccc(C[C@@H](NC(=O)c2cnc3ccccc3c2)C(N)=O)cc1. The Bertz CT molecular complexity index is 920. The van der Waals surface area contributed by atoms with Gasteiger partial charge in [0.1, 0.15) is 6.04 Å².